The van der Waals surface area contributed by atoms with Crippen LogP contribution in [0.3, 0.4) is 0 Å². The lowest BCUT2D eigenvalue weighted by Crippen LogP contribution is -2.47. The molecule has 0 heterocycles. The molecule has 4 heteroatoms. The van der Waals surface area contributed by atoms with Crippen molar-refractivity contribution in [2.75, 3.05) is 12.0 Å². The van der Waals surface area contributed by atoms with Crippen molar-refractivity contribution in [1.29, 1.82) is 0 Å². The van der Waals surface area contributed by atoms with E-state index in [2.05, 4.69) is 19.2 Å². The molecule has 0 aromatic rings. The van der Waals surface area contributed by atoms with Gasteiger partial charge in [-0.2, -0.15) is 11.8 Å². The van der Waals surface area contributed by atoms with E-state index in [0.29, 0.717) is 11.5 Å². The highest BCUT2D eigenvalue weighted by atomic mass is 32.2. The van der Waals surface area contributed by atoms with Crippen LogP contribution in [0.5, 0.6) is 0 Å². The Kier molecular flexibility index (Phi) is 5.80. The van der Waals surface area contributed by atoms with Crippen molar-refractivity contribution in [1.82, 2.24) is 5.32 Å². The van der Waals surface area contributed by atoms with Gasteiger partial charge in [0.1, 0.15) is 0 Å². The van der Waals surface area contributed by atoms with Gasteiger partial charge in [0.2, 0.25) is 5.91 Å². The zero-order valence-electron chi connectivity index (χ0n) is 11.3. The normalized spacial score (nSPS) is 22.1. The maximum absolute atomic E-state index is 11.8. The molecule has 0 saturated heterocycles. The number of nitrogens with two attached hydrogens (primary N) is 1. The van der Waals surface area contributed by atoms with Crippen LogP contribution < -0.4 is 11.1 Å². The Bertz CT molecular complexity index is 246. The van der Waals surface area contributed by atoms with E-state index in [9.17, 15) is 4.79 Å². The van der Waals surface area contributed by atoms with E-state index < -0.39 is 0 Å². The first kappa shape index (κ1) is 14.8. The first-order valence-electron chi connectivity index (χ1n) is 6.49. The molecule has 1 rings (SSSR count). The molecule has 100 valence electrons. The van der Waals surface area contributed by atoms with Crippen molar-refractivity contribution >= 4 is 17.7 Å². The maximum Gasteiger partial charge on any atom is 0.237 e. The van der Waals surface area contributed by atoms with Crippen molar-refractivity contribution in [3.05, 3.63) is 0 Å². The average molecular weight is 258 g/mol. The van der Waals surface area contributed by atoms with Crippen LogP contribution in [0.25, 0.3) is 0 Å². The van der Waals surface area contributed by atoms with Gasteiger partial charge in [0.15, 0.2) is 0 Å². The van der Waals surface area contributed by atoms with Crippen molar-refractivity contribution in [3.8, 4) is 0 Å². The van der Waals surface area contributed by atoms with E-state index in [0.717, 1.165) is 25.0 Å². The van der Waals surface area contributed by atoms with Crippen molar-refractivity contribution in [2.24, 2.45) is 11.1 Å². The van der Waals surface area contributed by atoms with Crippen molar-refractivity contribution in [3.63, 3.8) is 0 Å². The predicted octanol–water partition coefficient (Wildman–Crippen LogP) is 2.15. The Morgan fingerprint density at radius 2 is 2.06 bits per heavy atom. The van der Waals surface area contributed by atoms with E-state index >= 15 is 0 Å². The van der Waals surface area contributed by atoms with Crippen LogP contribution in [-0.4, -0.2) is 30.0 Å². The molecule has 1 aliphatic rings. The van der Waals surface area contributed by atoms with Crippen LogP contribution in [0, 0.1) is 5.41 Å². The van der Waals surface area contributed by atoms with Gasteiger partial charge >= 0.3 is 0 Å². The molecule has 0 unspecified atom stereocenters. The SMILES string of the molecule is CSCC[C@@H](N)C(=O)NC1CCC(C)(C)CC1. The third kappa shape index (κ3) is 5.30. The molecular formula is C13H26N2OS. The summed E-state index contributed by atoms with van der Waals surface area (Å²) >= 11 is 1.73. The summed E-state index contributed by atoms with van der Waals surface area (Å²) < 4.78 is 0. The van der Waals surface area contributed by atoms with E-state index in [4.69, 9.17) is 5.73 Å². The molecule has 0 aliphatic heterocycles. The molecule has 0 radical (unpaired) electrons. The fraction of sp³-hybridized carbons (Fsp3) is 0.923. The summed E-state index contributed by atoms with van der Waals surface area (Å²) in [6, 6.07) is 0.00763. The van der Waals surface area contributed by atoms with Gasteiger partial charge in [0.05, 0.1) is 6.04 Å². The molecular weight excluding hydrogens is 232 g/mol. The molecule has 1 saturated carbocycles. The van der Waals surface area contributed by atoms with Gasteiger partial charge in [0.25, 0.3) is 0 Å². The lowest BCUT2D eigenvalue weighted by molar-refractivity contribution is -0.123. The zero-order chi connectivity index (χ0) is 12.9. The summed E-state index contributed by atoms with van der Waals surface area (Å²) in [6.45, 7) is 4.60. The van der Waals surface area contributed by atoms with E-state index in [-0.39, 0.29) is 11.9 Å². The molecule has 1 aliphatic carbocycles. The Morgan fingerprint density at radius 3 is 2.59 bits per heavy atom. The fourth-order valence-corrected chi connectivity index (χ4v) is 2.72. The average Bonchev–Trinajstić information content (AvgIpc) is 2.28. The Labute approximate surface area is 109 Å². The lowest BCUT2D eigenvalue weighted by Gasteiger charge is -2.35. The third-order valence-corrected chi connectivity index (χ3v) is 4.30. The fourth-order valence-electron chi connectivity index (χ4n) is 2.23. The van der Waals surface area contributed by atoms with Crippen LogP contribution in [-0.2, 0) is 4.79 Å². The molecule has 1 amide bonds. The van der Waals surface area contributed by atoms with Gasteiger partial charge in [0, 0.05) is 6.04 Å². The van der Waals surface area contributed by atoms with Crippen molar-refractivity contribution in [2.45, 2.75) is 58.0 Å². The topological polar surface area (TPSA) is 55.1 Å². The van der Waals surface area contributed by atoms with Crippen LogP contribution >= 0.6 is 11.8 Å². The summed E-state index contributed by atoms with van der Waals surface area (Å²) in [4.78, 5) is 11.8. The number of nitrogens with one attached hydrogen (secondary N) is 1. The number of amides is 1. The highest BCUT2D eigenvalue weighted by Gasteiger charge is 2.28. The number of rotatable bonds is 5. The van der Waals surface area contributed by atoms with Gasteiger partial charge in [-0.15, -0.1) is 0 Å². The predicted molar refractivity (Wildman–Crippen MR) is 75.2 cm³/mol. The van der Waals surface area contributed by atoms with Crippen LogP contribution in [0.4, 0.5) is 0 Å². The van der Waals surface area contributed by atoms with Crippen LogP contribution in [0.2, 0.25) is 0 Å². The highest BCUT2D eigenvalue weighted by Crippen LogP contribution is 2.34. The second-order valence-electron chi connectivity index (χ2n) is 5.84. The highest BCUT2D eigenvalue weighted by molar-refractivity contribution is 7.98. The van der Waals surface area contributed by atoms with Gasteiger partial charge in [-0.1, -0.05) is 13.8 Å². The van der Waals surface area contributed by atoms with E-state index in [1.807, 2.05) is 6.26 Å². The number of hydrogen-bond acceptors (Lipinski definition) is 3. The second-order valence-corrected chi connectivity index (χ2v) is 6.82. The molecule has 1 atom stereocenters. The van der Waals surface area contributed by atoms with Gasteiger partial charge in [-0.25, -0.2) is 0 Å². The van der Waals surface area contributed by atoms with E-state index in [1.54, 1.807) is 11.8 Å². The number of carbonyl (C=O) groups is 1. The largest absolute Gasteiger partial charge is 0.352 e. The molecule has 3 N–H and O–H groups in total. The number of carbonyl (C=O) groups excluding carboxylic acids is 1. The minimum absolute atomic E-state index is 0.0313. The second kappa shape index (κ2) is 6.64. The Hall–Kier alpha value is -0.220. The molecule has 1 fully saturated rings. The number of hydrogen-bond donors (Lipinski definition) is 2. The maximum atomic E-state index is 11.8. The van der Waals surface area contributed by atoms with E-state index in [1.165, 1.54) is 12.8 Å². The summed E-state index contributed by atoms with van der Waals surface area (Å²) in [7, 11) is 0. The minimum atomic E-state index is -0.336. The lowest BCUT2D eigenvalue weighted by atomic mass is 9.75. The first-order valence-corrected chi connectivity index (χ1v) is 7.89. The molecule has 0 spiro atoms. The van der Waals surface area contributed by atoms with Gasteiger partial charge in [-0.3, -0.25) is 4.79 Å². The van der Waals surface area contributed by atoms with Gasteiger partial charge in [-0.05, 0) is 49.5 Å². The molecule has 0 aromatic heterocycles. The molecule has 3 nitrogen and oxygen atoms in total. The summed E-state index contributed by atoms with van der Waals surface area (Å²) in [5.74, 6) is 0.982. The molecule has 0 aromatic carbocycles. The molecule has 0 bridgehead atoms. The van der Waals surface area contributed by atoms with Crippen molar-refractivity contribution < 1.29 is 4.79 Å². The van der Waals surface area contributed by atoms with Gasteiger partial charge < -0.3 is 11.1 Å². The van der Waals surface area contributed by atoms with Crippen LogP contribution in [0.1, 0.15) is 46.0 Å². The monoisotopic (exact) mass is 258 g/mol. The number of thioether (sulfide) groups is 1. The smallest absolute Gasteiger partial charge is 0.237 e. The minimum Gasteiger partial charge on any atom is -0.352 e. The Balaban J connectivity index is 2.27. The zero-order valence-corrected chi connectivity index (χ0v) is 12.1. The molecule has 17 heavy (non-hydrogen) atoms. The third-order valence-electron chi connectivity index (χ3n) is 3.66. The quantitative estimate of drug-likeness (QED) is 0.794. The Morgan fingerprint density at radius 1 is 1.47 bits per heavy atom. The standard InChI is InChI=1S/C13H26N2OS/c1-13(2)7-4-10(5-8-13)15-12(16)11(14)6-9-17-3/h10-11H,4-9,14H2,1-3H3,(H,15,16)/t11-/m1/s1. The van der Waals surface area contributed by atoms with Crippen LogP contribution in [0.15, 0.2) is 0 Å². The summed E-state index contributed by atoms with van der Waals surface area (Å²) in [5, 5.41) is 3.09. The summed E-state index contributed by atoms with van der Waals surface area (Å²) in [5.41, 5.74) is 6.29. The summed E-state index contributed by atoms with van der Waals surface area (Å²) in [6.07, 6.45) is 7.37. The first-order chi connectivity index (χ1) is 7.94.